The number of ketones is 1. The summed E-state index contributed by atoms with van der Waals surface area (Å²) in [6, 6.07) is 18.5. The second-order valence-corrected chi connectivity index (χ2v) is 15.7. The molecule has 9 nitrogen and oxygen atoms in total. The van der Waals surface area contributed by atoms with Gasteiger partial charge in [-0.1, -0.05) is 60.1 Å². The second-order valence-electron chi connectivity index (χ2n) is 15.3. The second kappa shape index (κ2) is 15.0. The van der Waals surface area contributed by atoms with E-state index in [0.717, 1.165) is 58.0 Å². The quantitative estimate of drug-likeness (QED) is 0.138. The number of piperidine rings is 1. The molecule has 0 radical (unpaired) electrons. The van der Waals surface area contributed by atoms with Crippen LogP contribution < -0.4 is 19.5 Å². The number of carbonyl (C=O) groups is 2. The number of halogens is 4. The molecular formula is C43H43ClF3N3O6. The Morgan fingerprint density at radius 3 is 2.48 bits per heavy atom. The number of hydrogen-bond donors (Lipinski definition) is 2. The van der Waals surface area contributed by atoms with Crippen LogP contribution in [0.15, 0.2) is 60.7 Å². The number of carboxylic acid groups (broad SMARTS) is 1. The predicted octanol–water partition coefficient (Wildman–Crippen LogP) is 8.68. The van der Waals surface area contributed by atoms with Gasteiger partial charge in [0.25, 0.3) is 0 Å². The number of pyridine rings is 1. The normalized spacial score (nSPS) is 22.9. The number of Topliss-reactive ketones (excluding diaryl/α,β-unsaturated/α-hetero) is 1. The van der Waals surface area contributed by atoms with E-state index < -0.39 is 35.2 Å². The fourth-order valence-corrected chi connectivity index (χ4v) is 9.44. The summed E-state index contributed by atoms with van der Waals surface area (Å²) >= 11 is 7.17. The van der Waals surface area contributed by atoms with Crippen LogP contribution in [0.2, 0.25) is 5.02 Å². The number of benzene rings is 3. The van der Waals surface area contributed by atoms with E-state index in [1.165, 1.54) is 7.11 Å². The Kier molecular flexibility index (Phi) is 10.3. The van der Waals surface area contributed by atoms with Crippen molar-refractivity contribution in [2.24, 2.45) is 11.8 Å². The molecule has 0 bridgehead atoms. The van der Waals surface area contributed by atoms with Crippen LogP contribution >= 0.6 is 11.6 Å². The maximum atomic E-state index is 14.6. The van der Waals surface area contributed by atoms with Crippen molar-refractivity contribution in [1.82, 2.24) is 15.2 Å². The standard InChI is InChI=1S/C43H43ClF3N3O6/c1-54-37-19-25(10-11-26(37)22-48-21-24-9-12-29(51)17-24)30-5-3-8-34(38(30)44)31-6-4-7-33-32(31)13-14-36(33)56-40-35(43(45,46)47)18-27(39(49-40)55-2)23-50-16-15-28-20-42(28,50)41(52)53/h3-8,10-11,18-19,24,28,36,48H,9,12-17,20-23H2,1-2H3,(H,52,53)/t24-,28-,36+,42+/m1/s1. The van der Waals surface area contributed by atoms with Crippen molar-refractivity contribution < 1.29 is 42.1 Å². The predicted molar refractivity (Wildman–Crippen MR) is 204 cm³/mol. The van der Waals surface area contributed by atoms with Crippen molar-refractivity contribution in [2.75, 3.05) is 27.3 Å². The molecule has 0 unspecified atom stereocenters. The minimum absolute atomic E-state index is 0.00189. The largest absolute Gasteiger partial charge is 0.496 e. The van der Waals surface area contributed by atoms with Crippen molar-refractivity contribution >= 4 is 23.4 Å². The number of aliphatic carboxylic acids is 1. The van der Waals surface area contributed by atoms with Gasteiger partial charge in [-0.05, 0) is 91.4 Å². The molecule has 4 aliphatic rings. The number of methoxy groups -OCH3 is 2. The number of alkyl halides is 3. The van der Waals surface area contributed by atoms with E-state index >= 15 is 0 Å². The van der Waals surface area contributed by atoms with Gasteiger partial charge in [0.1, 0.15) is 28.7 Å². The van der Waals surface area contributed by atoms with Gasteiger partial charge >= 0.3 is 12.1 Å². The van der Waals surface area contributed by atoms with E-state index in [1.807, 2.05) is 54.6 Å². The molecular weight excluding hydrogens is 747 g/mol. The number of fused-ring (bicyclic) bond motifs is 2. The summed E-state index contributed by atoms with van der Waals surface area (Å²) in [5.74, 6) is -0.159. The third-order valence-corrected chi connectivity index (χ3v) is 12.5. The lowest BCUT2D eigenvalue weighted by Gasteiger charge is -2.26. The third-order valence-electron chi connectivity index (χ3n) is 12.1. The van der Waals surface area contributed by atoms with Crippen LogP contribution in [0, 0.1) is 11.8 Å². The topological polar surface area (TPSA) is 110 Å². The van der Waals surface area contributed by atoms with Gasteiger partial charge in [0.15, 0.2) is 0 Å². The van der Waals surface area contributed by atoms with Crippen molar-refractivity contribution in [3.63, 3.8) is 0 Å². The zero-order valence-corrected chi connectivity index (χ0v) is 31.9. The first kappa shape index (κ1) is 38.2. The molecule has 0 amide bonds. The first-order chi connectivity index (χ1) is 26.9. The molecule has 2 saturated carbocycles. The molecule has 2 heterocycles. The van der Waals surface area contributed by atoms with Crippen LogP contribution in [0.5, 0.6) is 17.5 Å². The minimum Gasteiger partial charge on any atom is -0.496 e. The number of nitrogens with one attached hydrogen (secondary N) is 1. The summed E-state index contributed by atoms with van der Waals surface area (Å²) in [6.07, 6.45) is -1.15. The van der Waals surface area contributed by atoms with Gasteiger partial charge in [-0.3, -0.25) is 14.5 Å². The maximum absolute atomic E-state index is 14.6. The SMILES string of the molecule is COc1cc(-c2cccc(-c3cccc4c3CC[C@@H]4Oc3nc(OC)c(CN4CC[C@@H]5C[C@@]54C(=O)O)cc3C(F)(F)F)c2Cl)ccc1CNC[C@@H]1CCC(=O)C1. The lowest BCUT2D eigenvalue weighted by atomic mass is 9.93. The number of rotatable bonds is 13. The van der Waals surface area contributed by atoms with Gasteiger partial charge in [-0.25, -0.2) is 0 Å². The molecule has 8 rings (SSSR count). The molecule has 3 aromatic carbocycles. The molecule has 1 aromatic heterocycles. The Labute approximate surface area is 328 Å². The zero-order chi connectivity index (χ0) is 39.4. The number of carbonyl (C=O) groups excluding carboxylic acids is 1. The average Bonchev–Trinajstić information content (AvgIpc) is 3.38. The van der Waals surface area contributed by atoms with Gasteiger partial charge < -0.3 is 24.6 Å². The van der Waals surface area contributed by atoms with E-state index in [1.54, 1.807) is 12.0 Å². The molecule has 294 valence electrons. The first-order valence-corrected chi connectivity index (χ1v) is 19.4. The molecule has 3 fully saturated rings. The molecule has 4 aromatic rings. The number of hydrogen-bond acceptors (Lipinski definition) is 8. The summed E-state index contributed by atoms with van der Waals surface area (Å²) < 4.78 is 61.3. The molecule has 4 atom stereocenters. The monoisotopic (exact) mass is 789 g/mol. The van der Waals surface area contributed by atoms with Gasteiger partial charge in [-0.15, -0.1) is 0 Å². The summed E-state index contributed by atoms with van der Waals surface area (Å²) in [5.41, 5.74) is 4.09. The molecule has 2 N–H and O–H groups in total. The Bertz CT molecular complexity index is 2200. The van der Waals surface area contributed by atoms with Crippen LogP contribution in [0.1, 0.15) is 72.4 Å². The Hall–Kier alpha value is -4.65. The van der Waals surface area contributed by atoms with Crippen molar-refractivity contribution in [3.05, 3.63) is 93.5 Å². The van der Waals surface area contributed by atoms with Crippen LogP contribution in [-0.2, 0) is 35.3 Å². The number of ether oxygens (including phenoxy) is 3. The number of likely N-dealkylation sites (tertiary alicyclic amines) is 1. The molecule has 1 saturated heterocycles. The molecule has 56 heavy (non-hydrogen) atoms. The number of carboxylic acids is 1. The molecule has 0 spiro atoms. The highest BCUT2D eigenvalue weighted by atomic mass is 35.5. The van der Waals surface area contributed by atoms with Gasteiger partial charge in [0.2, 0.25) is 11.8 Å². The highest BCUT2D eigenvalue weighted by Crippen LogP contribution is 2.56. The zero-order valence-electron chi connectivity index (χ0n) is 31.2. The lowest BCUT2D eigenvalue weighted by Crippen LogP contribution is -2.41. The van der Waals surface area contributed by atoms with Gasteiger partial charge in [0, 0.05) is 48.2 Å². The van der Waals surface area contributed by atoms with E-state index in [-0.39, 0.29) is 23.9 Å². The van der Waals surface area contributed by atoms with E-state index in [4.69, 9.17) is 25.8 Å². The Morgan fingerprint density at radius 1 is 0.982 bits per heavy atom. The van der Waals surface area contributed by atoms with Crippen LogP contribution in [0.25, 0.3) is 22.3 Å². The summed E-state index contributed by atoms with van der Waals surface area (Å²) in [4.78, 5) is 29.7. The highest BCUT2D eigenvalue weighted by Gasteiger charge is 2.67. The maximum Gasteiger partial charge on any atom is 0.421 e. The molecule has 13 heteroatoms. The van der Waals surface area contributed by atoms with Crippen molar-refractivity contribution in [2.45, 2.75) is 75.9 Å². The van der Waals surface area contributed by atoms with E-state index in [2.05, 4.69) is 10.3 Å². The smallest absolute Gasteiger partial charge is 0.421 e. The van der Waals surface area contributed by atoms with E-state index in [9.17, 15) is 27.9 Å². The summed E-state index contributed by atoms with van der Waals surface area (Å²) in [6.45, 7) is 1.81. The fourth-order valence-electron chi connectivity index (χ4n) is 9.11. The van der Waals surface area contributed by atoms with Crippen LogP contribution in [0.3, 0.4) is 0 Å². The van der Waals surface area contributed by atoms with Crippen LogP contribution in [-0.4, -0.2) is 59.6 Å². The lowest BCUT2D eigenvalue weighted by molar-refractivity contribution is -0.145. The fraction of sp³-hybridized carbons (Fsp3) is 0.419. The van der Waals surface area contributed by atoms with E-state index in [0.29, 0.717) is 74.1 Å². The van der Waals surface area contributed by atoms with Crippen molar-refractivity contribution in [1.29, 1.82) is 0 Å². The van der Waals surface area contributed by atoms with Crippen LogP contribution in [0.4, 0.5) is 13.2 Å². The summed E-state index contributed by atoms with van der Waals surface area (Å²) in [5, 5.41) is 13.9. The average molecular weight is 790 g/mol. The number of nitrogens with zero attached hydrogens (tertiary/aromatic N) is 2. The molecule has 3 aliphatic carbocycles. The first-order valence-electron chi connectivity index (χ1n) is 19.0. The highest BCUT2D eigenvalue weighted by molar-refractivity contribution is 6.36. The minimum atomic E-state index is -4.79. The van der Waals surface area contributed by atoms with Gasteiger partial charge in [0.05, 0.1) is 19.2 Å². The Morgan fingerprint density at radius 2 is 1.77 bits per heavy atom. The summed E-state index contributed by atoms with van der Waals surface area (Å²) in [7, 11) is 2.96. The number of aromatic nitrogens is 1. The molecule has 1 aliphatic heterocycles. The Balaban J connectivity index is 1.04. The third kappa shape index (κ3) is 7.00. The van der Waals surface area contributed by atoms with Gasteiger partial charge in [-0.2, -0.15) is 18.2 Å². The van der Waals surface area contributed by atoms with Crippen molar-refractivity contribution in [3.8, 4) is 39.8 Å².